The van der Waals surface area contributed by atoms with Crippen LogP contribution in [0.1, 0.15) is 41.7 Å². The van der Waals surface area contributed by atoms with Gasteiger partial charge in [-0.15, -0.1) is 0 Å². The van der Waals surface area contributed by atoms with E-state index in [9.17, 15) is 4.79 Å². The number of aryl methyl sites for hydroxylation is 1. The van der Waals surface area contributed by atoms with E-state index in [0.29, 0.717) is 11.3 Å². The number of nitrogens with zero attached hydrogens (tertiary/aromatic N) is 1. The van der Waals surface area contributed by atoms with Crippen LogP contribution in [-0.2, 0) is 4.74 Å². The van der Waals surface area contributed by atoms with Gasteiger partial charge >= 0.3 is 5.97 Å². The average molecular weight is 248 g/mol. The lowest BCUT2D eigenvalue weighted by atomic mass is 9.83. The van der Waals surface area contributed by atoms with Crippen molar-refractivity contribution < 1.29 is 9.53 Å². The molecule has 0 saturated heterocycles. The van der Waals surface area contributed by atoms with Crippen LogP contribution < -0.4 is 5.32 Å². The Morgan fingerprint density at radius 2 is 2.28 bits per heavy atom. The summed E-state index contributed by atoms with van der Waals surface area (Å²) < 4.78 is 4.69. The van der Waals surface area contributed by atoms with Crippen LogP contribution in [0.2, 0.25) is 0 Å². The Balaban J connectivity index is 1.89. The number of ether oxygens (including phenoxy) is 1. The van der Waals surface area contributed by atoms with Crippen LogP contribution in [-0.4, -0.2) is 24.6 Å². The highest BCUT2D eigenvalue weighted by Gasteiger charge is 2.16. The van der Waals surface area contributed by atoms with E-state index in [2.05, 4.69) is 10.3 Å². The van der Waals surface area contributed by atoms with E-state index < -0.39 is 0 Å². The molecule has 18 heavy (non-hydrogen) atoms. The van der Waals surface area contributed by atoms with E-state index in [0.717, 1.165) is 18.3 Å². The molecule has 0 amide bonds. The first-order chi connectivity index (χ1) is 8.70. The summed E-state index contributed by atoms with van der Waals surface area (Å²) >= 11 is 0. The lowest BCUT2D eigenvalue weighted by Gasteiger charge is -2.25. The predicted octanol–water partition coefficient (Wildman–Crippen LogP) is 2.78. The fraction of sp³-hybridized carbons (Fsp3) is 0.571. The highest BCUT2D eigenvalue weighted by atomic mass is 16.5. The molecule has 4 nitrogen and oxygen atoms in total. The normalized spacial score (nSPS) is 15.0. The third-order valence-corrected chi connectivity index (χ3v) is 3.57. The van der Waals surface area contributed by atoms with Crippen molar-refractivity contribution in [3.05, 3.63) is 23.4 Å². The van der Waals surface area contributed by atoms with Crippen LogP contribution >= 0.6 is 0 Å². The molecular weight excluding hydrogens is 228 g/mol. The number of carbonyl (C=O) groups excluding carboxylic acids is 1. The zero-order chi connectivity index (χ0) is 13.0. The molecule has 4 heteroatoms. The monoisotopic (exact) mass is 248 g/mol. The minimum atomic E-state index is -0.332. The zero-order valence-corrected chi connectivity index (χ0v) is 11.0. The van der Waals surface area contributed by atoms with Crippen molar-refractivity contribution in [3.8, 4) is 0 Å². The maximum absolute atomic E-state index is 11.4. The summed E-state index contributed by atoms with van der Waals surface area (Å²) in [7, 11) is 1.38. The number of nitrogens with one attached hydrogen (secondary N) is 1. The number of aromatic nitrogens is 1. The van der Waals surface area contributed by atoms with E-state index in [1.54, 1.807) is 6.07 Å². The van der Waals surface area contributed by atoms with Gasteiger partial charge in [-0.25, -0.2) is 9.78 Å². The highest BCUT2D eigenvalue weighted by molar-refractivity contribution is 5.90. The zero-order valence-electron chi connectivity index (χ0n) is 11.0. The Morgan fingerprint density at radius 3 is 2.83 bits per heavy atom. The van der Waals surface area contributed by atoms with Gasteiger partial charge in [0.1, 0.15) is 5.82 Å². The largest absolute Gasteiger partial charge is 0.465 e. The molecule has 1 aliphatic carbocycles. The number of hydrogen-bond acceptors (Lipinski definition) is 4. The Kier molecular flexibility index (Phi) is 4.18. The second-order valence-corrected chi connectivity index (χ2v) is 4.83. The minimum Gasteiger partial charge on any atom is -0.465 e. The predicted molar refractivity (Wildman–Crippen MR) is 70.8 cm³/mol. The number of hydrogen-bond donors (Lipinski definition) is 1. The van der Waals surface area contributed by atoms with E-state index >= 15 is 0 Å². The number of carbonyl (C=O) groups is 1. The molecule has 0 aromatic carbocycles. The highest BCUT2D eigenvalue weighted by Crippen LogP contribution is 2.29. The summed E-state index contributed by atoms with van der Waals surface area (Å²) in [5, 5.41) is 3.31. The standard InChI is InChI=1S/C14H20N2O2/c1-10-12(14(17)18-2)6-7-13(16-10)15-9-8-11-4-3-5-11/h6-7,11H,3-5,8-9H2,1-2H3,(H,15,16). The number of esters is 1. The van der Waals surface area contributed by atoms with Crippen molar-refractivity contribution in [1.82, 2.24) is 4.98 Å². The molecule has 2 rings (SSSR count). The third kappa shape index (κ3) is 3.00. The quantitative estimate of drug-likeness (QED) is 0.814. The molecule has 0 atom stereocenters. The van der Waals surface area contributed by atoms with Gasteiger partial charge in [0.05, 0.1) is 18.4 Å². The molecule has 0 bridgehead atoms. The Bertz CT molecular complexity index is 428. The molecule has 1 aromatic heterocycles. The van der Waals surface area contributed by atoms with Crippen LogP contribution in [0.3, 0.4) is 0 Å². The second kappa shape index (κ2) is 5.85. The number of methoxy groups -OCH3 is 1. The fourth-order valence-electron chi connectivity index (χ4n) is 2.17. The van der Waals surface area contributed by atoms with Crippen LogP contribution in [0.4, 0.5) is 5.82 Å². The number of pyridine rings is 1. The van der Waals surface area contributed by atoms with Crippen LogP contribution in [0.15, 0.2) is 12.1 Å². The third-order valence-electron chi connectivity index (χ3n) is 3.57. The maximum atomic E-state index is 11.4. The maximum Gasteiger partial charge on any atom is 0.339 e. The summed E-state index contributed by atoms with van der Waals surface area (Å²) in [6, 6.07) is 3.60. The Hall–Kier alpha value is -1.58. The Morgan fingerprint density at radius 1 is 1.50 bits per heavy atom. The summed E-state index contributed by atoms with van der Waals surface area (Å²) in [6.07, 6.45) is 5.33. The van der Waals surface area contributed by atoms with Crippen LogP contribution in [0.5, 0.6) is 0 Å². The summed E-state index contributed by atoms with van der Waals surface area (Å²) in [5.41, 5.74) is 1.23. The first-order valence-electron chi connectivity index (χ1n) is 6.50. The topological polar surface area (TPSA) is 51.2 Å². The van der Waals surface area contributed by atoms with Gasteiger partial charge in [0.2, 0.25) is 0 Å². The van der Waals surface area contributed by atoms with Gasteiger partial charge in [-0.05, 0) is 31.4 Å². The van der Waals surface area contributed by atoms with E-state index in [1.165, 1.54) is 32.8 Å². The van der Waals surface area contributed by atoms with Gasteiger partial charge in [-0.1, -0.05) is 19.3 Å². The molecule has 1 saturated carbocycles. The van der Waals surface area contributed by atoms with Crippen molar-refractivity contribution >= 4 is 11.8 Å². The number of rotatable bonds is 5. The van der Waals surface area contributed by atoms with Crippen molar-refractivity contribution in [3.63, 3.8) is 0 Å². The van der Waals surface area contributed by atoms with Crippen molar-refractivity contribution in [2.45, 2.75) is 32.6 Å². The van der Waals surface area contributed by atoms with Gasteiger partial charge in [0.15, 0.2) is 0 Å². The SMILES string of the molecule is COC(=O)c1ccc(NCCC2CCC2)nc1C. The average Bonchev–Trinajstić information content (AvgIpc) is 2.31. The summed E-state index contributed by atoms with van der Waals surface area (Å²) in [5.74, 6) is 1.40. The molecule has 1 N–H and O–H groups in total. The van der Waals surface area contributed by atoms with Gasteiger partial charge in [-0.3, -0.25) is 0 Å². The first-order valence-corrected chi connectivity index (χ1v) is 6.50. The molecule has 1 aromatic rings. The molecule has 1 fully saturated rings. The molecule has 98 valence electrons. The van der Waals surface area contributed by atoms with Crippen LogP contribution in [0, 0.1) is 12.8 Å². The van der Waals surface area contributed by atoms with Crippen molar-refractivity contribution in [2.24, 2.45) is 5.92 Å². The van der Waals surface area contributed by atoms with Gasteiger partial charge in [0.25, 0.3) is 0 Å². The summed E-state index contributed by atoms with van der Waals surface area (Å²) in [6.45, 7) is 2.78. The van der Waals surface area contributed by atoms with E-state index in [1.807, 2.05) is 13.0 Å². The van der Waals surface area contributed by atoms with Crippen molar-refractivity contribution in [2.75, 3.05) is 19.0 Å². The van der Waals surface area contributed by atoms with E-state index in [4.69, 9.17) is 4.74 Å². The lowest BCUT2D eigenvalue weighted by molar-refractivity contribution is 0.0599. The molecule has 0 aliphatic heterocycles. The lowest BCUT2D eigenvalue weighted by Crippen LogP contribution is -2.16. The first kappa shape index (κ1) is 12.9. The fourth-order valence-corrected chi connectivity index (χ4v) is 2.17. The molecule has 0 radical (unpaired) electrons. The smallest absolute Gasteiger partial charge is 0.339 e. The molecular formula is C14H20N2O2. The summed E-state index contributed by atoms with van der Waals surface area (Å²) in [4.78, 5) is 15.8. The Labute approximate surface area is 108 Å². The van der Waals surface area contributed by atoms with Crippen molar-refractivity contribution in [1.29, 1.82) is 0 Å². The van der Waals surface area contributed by atoms with Gasteiger partial charge in [0, 0.05) is 6.54 Å². The number of anilines is 1. The second-order valence-electron chi connectivity index (χ2n) is 4.83. The molecule has 1 aliphatic rings. The van der Waals surface area contributed by atoms with Gasteiger partial charge in [-0.2, -0.15) is 0 Å². The molecule has 1 heterocycles. The minimum absolute atomic E-state index is 0.332. The van der Waals surface area contributed by atoms with E-state index in [-0.39, 0.29) is 5.97 Å². The molecule has 0 unspecified atom stereocenters. The molecule has 0 spiro atoms. The van der Waals surface area contributed by atoms with Crippen LogP contribution in [0.25, 0.3) is 0 Å². The van der Waals surface area contributed by atoms with Gasteiger partial charge < -0.3 is 10.1 Å².